The lowest BCUT2D eigenvalue weighted by Crippen LogP contribution is -2.13. The zero-order valence-corrected chi connectivity index (χ0v) is 10.7. The Kier molecular flexibility index (Phi) is 3.62. The van der Waals surface area contributed by atoms with Crippen molar-refractivity contribution in [3.63, 3.8) is 0 Å². The molecule has 0 aliphatic carbocycles. The van der Waals surface area contributed by atoms with Crippen LogP contribution in [0.1, 0.15) is 30.2 Å². The van der Waals surface area contributed by atoms with Crippen LogP contribution in [0.4, 0.5) is 0 Å². The van der Waals surface area contributed by atoms with Crippen molar-refractivity contribution in [3.8, 4) is 11.3 Å². The van der Waals surface area contributed by atoms with Crippen LogP contribution in [0.2, 0.25) is 0 Å². The number of aliphatic hydroxyl groups excluding tert-OH is 1. The summed E-state index contributed by atoms with van der Waals surface area (Å²) >= 11 is 0. The molecule has 1 aliphatic rings. The first kappa shape index (κ1) is 12.4. The third-order valence-corrected chi connectivity index (χ3v) is 3.58. The Morgan fingerprint density at radius 1 is 1.16 bits per heavy atom. The molecule has 2 aromatic rings. The van der Waals surface area contributed by atoms with Crippen LogP contribution in [0, 0.1) is 0 Å². The van der Waals surface area contributed by atoms with E-state index in [1.807, 2.05) is 12.1 Å². The highest BCUT2D eigenvalue weighted by molar-refractivity contribution is 5.56. The van der Waals surface area contributed by atoms with Crippen LogP contribution in [-0.4, -0.2) is 23.3 Å². The second kappa shape index (κ2) is 5.55. The van der Waals surface area contributed by atoms with Crippen molar-refractivity contribution in [2.24, 2.45) is 0 Å². The Balaban J connectivity index is 1.78. The van der Waals surface area contributed by atoms with E-state index in [4.69, 9.17) is 14.3 Å². The molecule has 0 atom stereocenters. The third kappa shape index (κ3) is 2.69. The molecule has 1 saturated heterocycles. The minimum Gasteiger partial charge on any atom is -0.438 e. The molecule has 19 heavy (non-hydrogen) atoms. The fraction of sp³-hybridized carbons (Fsp3) is 0.400. The number of rotatable bonds is 3. The van der Waals surface area contributed by atoms with Crippen LogP contribution < -0.4 is 0 Å². The molecular weight excluding hydrogens is 242 g/mol. The molecular formula is C15H17NO3. The summed E-state index contributed by atoms with van der Waals surface area (Å²) in [7, 11) is 0. The Bertz CT molecular complexity index is 527. The zero-order chi connectivity index (χ0) is 13.1. The molecule has 4 heteroatoms. The van der Waals surface area contributed by atoms with Crippen molar-refractivity contribution >= 4 is 0 Å². The molecule has 0 unspecified atom stereocenters. The lowest BCUT2D eigenvalue weighted by Gasteiger charge is -2.22. The lowest BCUT2D eigenvalue weighted by molar-refractivity contribution is 0.0853. The van der Waals surface area contributed by atoms with Crippen molar-refractivity contribution in [1.82, 2.24) is 4.98 Å². The summed E-state index contributed by atoms with van der Waals surface area (Å²) in [5.41, 5.74) is 2.34. The van der Waals surface area contributed by atoms with E-state index in [-0.39, 0.29) is 6.61 Å². The second-order valence-corrected chi connectivity index (χ2v) is 4.79. The fourth-order valence-corrected chi connectivity index (χ4v) is 2.47. The zero-order valence-electron chi connectivity index (χ0n) is 10.7. The predicted molar refractivity (Wildman–Crippen MR) is 70.7 cm³/mol. The van der Waals surface area contributed by atoms with E-state index in [0.29, 0.717) is 17.6 Å². The van der Waals surface area contributed by atoms with Crippen LogP contribution in [0.3, 0.4) is 0 Å². The highest BCUT2D eigenvalue weighted by Crippen LogP contribution is 2.29. The van der Waals surface area contributed by atoms with Crippen LogP contribution in [-0.2, 0) is 11.3 Å². The summed E-state index contributed by atoms with van der Waals surface area (Å²) in [5.74, 6) is 1.65. The number of aromatic nitrogens is 1. The number of hydrogen-bond acceptors (Lipinski definition) is 4. The van der Waals surface area contributed by atoms with Crippen molar-refractivity contribution in [2.75, 3.05) is 13.2 Å². The summed E-state index contributed by atoms with van der Waals surface area (Å²) in [6, 6.07) is 8.39. The first-order valence-corrected chi connectivity index (χ1v) is 6.60. The van der Waals surface area contributed by atoms with E-state index in [1.54, 1.807) is 6.20 Å². The van der Waals surface area contributed by atoms with E-state index in [1.165, 1.54) is 5.56 Å². The number of nitrogens with zero attached hydrogens (tertiary/aromatic N) is 1. The Labute approximate surface area is 112 Å². The van der Waals surface area contributed by atoms with Crippen LogP contribution in [0.15, 0.2) is 34.9 Å². The van der Waals surface area contributed by atoms with Crippen molar-refractivity contribution in [1.29, 1.82) is 0 Å². The van der Waals surface area contributed by atoms with Crippen LogP contribution in [0.25, 0.3) is 11.3 Å². The third-order valence-electron chi connectivity index (χ3n) is 3.58. The molecule has 0 amide bonds. The van der Waals surface area contributed by atoms with E-state index in [2.05, 4.69) is 17.1 Å². The molecule has 1 aromatic heterocycles. The molecule has 4 nitrogen and oxygen atoms in total. The number of oxazole rings is 1. The molecule has 0 saturated carbocycles. The summed E-state index contributed by atoms with van der Waals surface area (Å²) in [6.07, 6.45) is 3.83. The molecule has 1 aliphatic heterocycles. The number of hydrogen-bond donors (Lipinski definition) is 1. The summed E-state index contributed by atoms with van der Waals surface area (Å²) in [4.78, 5) is 3.99. The highest BCUT2D eigenvalue weighted by Gasteiger charge is 2.16. The predicted octanol–water partition coefficient (Wildman–Crippen LogP) is 2.73. The molecule has 1 aromatic carbocycles. The molecule has 0 bridgehead atoms. The van der Waals surface area contributed by atoms with Gasteiger partial charge in [0.2, 0.25) is 5.89 Å². The van der Waals surface area contributed by atoms with Gasteiger partial charge in [0.25, 0.3) is 0 Å². The minimum absolute atomic E-state index is 0.167. The first-order valence-electron chi connectivity index (χ1n) is 6.60. The van der Waals surface area contributed by atoms with Gasteiger partial charge in [0.1, 0.15) is 6.61 Å². The molecule has 0 radical (unpaired) electrons. The van der Waals surface area contributed by atoms with Crippen molar-refractivity contribution in [2.45, 2.75) is 25.4 Å². The Morgan fingerprint density at radius 2 is 1.89 bits per heavy atom. The Hall–Kier alpha value is -1.65. The lowest BCUT2D eigenvalue weighted by atomic mass is 9.91. The average Bonchev–Trinajstić information content (AvgIpc) is 2.97. The number of aliphatic hydroxyl groups is 1. The van der Waals surface area contributed by atoms with Crippen molar-refractivity contribution in [3.05, 3.63) is 41.9 Å². The van der Waals surface area contributed by atoms with Gasteiger partial charge in [0.15, 0.2) is 5.76 Å². The molecule has 0 spiro atoms. The smallest absolute Gasteiger partial charge is 0.220 e. The monoisotopic (exact) mass is 259 g/mol. The van der Waals surface area contributed by atoms with Crippen molar-refractivity contribution < 1.29 is 14.3 Å². The normalized spacial score (nSPS) is 16.7. The second-order valence-electron chi connectivity index (χ2n) is 4.79. The summed E-state index contributed by atoms with van der Waals surface area (Å²) < 4.78 is 10.8. The molecule has 1 N–H and O–H groups in total. The molecule has 100 valence electrons. The maximum absolute atomic E-state index is 8.94. The quantitative estimate of drug-likeness (QED) is 0.920. The maximum Gasteiger partial charge on any atom is 0.220 e. The number of benzene rings is 1. The minimum atomic E-state index is -0.167. The largest absolute Gasteiger partial charge is 0.438 e. The molecule has 2 heterocycles. The van der Waals surface area contributed by atoms with E-state index in [0.717, 1.165) is 31.6 Å². The van der Waals surface area contributed by atoms with Gasteiger partial charge in [-0.25, -0.2) is 4.98 Å². The van der Waals surface area contributed by atoms with Crippen LogP contribution in [0.5, 0.6) is 0 Å². The molecule has 1 fully saturated rings. The van der Waals surface area contributed by atoms with Gasteiger partial charge in [-0.2, -0.15) is 0 Å². The van der Waals surface area contributed by atoms with Gasteiger partial charge in [-0.3, -0.25) is 0 Å². The van der Waals surface area contributed by atoms with Gasteiger partial charge >= 0.3 is 0 Å². The van der Waals surface area contributed by atoms with Gasteiger partial charge in [0.05, 0.1) is 6.20 Å². The first-order chi connectivity index (χ1) is 9.36. The van der Waals surface area contributed by atoms with Crippen LogP contribution >= 0.6 is 0 Å². The average molecular weight is 259 g/mol. The maximum atomic E-state index is 8.94. The SMILES string of the molecule is OCc1ncc(-c2ccc(C3CCOCC3)cc2)o1. The Morgan fingerprint density at radius 3 is 2.53 bits per heavy atom. The fourth-order valence-electron chi connectivity index (χ4n) is 2.47. The van der Waals surface area contributed by atoms with E-state index < -0.39 is 0 Å². The number of ether oxygens (including phenoxy) is 1. The van der Waals surface area contributed by atoms with Gasteiger partial charge < -0.3 is 14.3 Å². The van der Waals surface area contributed by atoms with Gasteiger partial charge in [0, 0.05) is 18.8 Å². The van der Waals surface area contributed by atoms with Gasteiger partial charge in [-0.15, -0.1) is 0 Å². The molecule has 3 rings (SSSR count). The van der Waals surface area contributed by atoms with Gasteiger partial charge in [-0.05, 0) is 24.3 Å². The summed E-state index contributed by atoms with van der Waals surface area (Å²) in [5, 5.41) is 8.94. The standard InChI is InChI=1S/C15H17NO3/c17-10-15-16-9-14(19-15)13-3-1-11(2-4-13)12-5-7-18-8-6-12/h1-4,9,12,17H,5-8,10H2. The van der Waals surface area contributed by atoms with E-state index >= 15 is 0 Å². The topological polar surface area (TPSA) is 55.5 Å². The highest BCUT2D eigenvalue weighted by atomic mass is 16.5. The summed E-state index contributed by atoms with van der Waals surface area (Å²) in [6.45, 7) is 1.54. The van der Waals surface area contributed by atoms with E-state index in [9.17, 15) is 0 Å². The van der Waals surface area contributed by atoms with Gasteiger partial charge in [-0.1, -0.05) is 24.3 Å².